The third-order valence-corrected chi connectivity index (χ3v) is 15.1. The molecule has 458 valence electrons. The Kier molecular flexibility index (Phi) is 23.4. The highest BCUT2D eigenvalue weighted by atomic mass is 19.1. The normalized spacial score (nSPS) is 17.5. The first-order valence-corrected chi connectivity index (χ1v) is 28.7. The van der Waals surface area contributed by atoms with E-state index < -0.39 is 90.4 Å². The number of aromatic nitrogens is 2. The maximum Gasteiger partial charge on any atom is 0.410 e. The Bertz CT molecular complexity index is 2980. The summed E-state index contributed by atoms with van der Waals surface area (Å²) in [5.74, 6) is -5.03. The molecule has 6 atom stereocenters. The molecule has 0 bridgehead atoms. The number of rotatable bonds is 28. The molecule has 0 aliphatic carbocycles. The summed E-state index contributed by atoms with van der Waals surface area (Å²) in [6.07, 6.45) is 4.42. The molecule has 2 saturated heterocycles. The smallest absolute Gasteiger partial charge is 0.410 e. The summed E-state index contributed by atoms with van der Waals surface area (Å²) in [4.78, 5) is 113. The Hall–Kier alpha value is -8.32. The maximum absolute atomic E-state index is 16.5. The van der Waals surface area contributed by atoms with Crippen LogP contribution < -0.4 is 32.3 Å². The number of anilines is 1. The van der Waals surface area contributed by atoms with Crippen molar-refractivity contribution in [1.82, 2.24) is 45.5 Å². The first-order chi connectivity index (χ1) is 40.8. The Morgan fingerprint density at radius 3 is 2.26 bits per heavy atom. The molecule has 22 nitrogen and oxygen atoms in total. The largest absolute Gasteiger partial charge is 0.445 e. The molecule has 2 fully saturated rings. The third-order valence-electron chi connectivity index (χ3n) is 15.1. The number of hydrogen-bond acceptors (Lipinski definition) is 12. The topological polar surface area (TPSA) is 289 Å². The second kappa shape index (κ2) is 31.0. The molecule has 0 saturated carbocycles. The van der Waals surface area contributed by atoms with E-state index in [1.165, 1.54) is 22.0 Å². The fourth-order valence-corrected chi connectivity index (χ4v) is 10.5. The molecule has 1 aromatic heterocycles. The van der Waals surface area contributed by atoms with Crippen molar-refractivity contribution in [2.45, 2.75) is 116 Å². The zero-order chi connectivity index (χ0) is 61.2. The number of imidazole rings is 1. The van der Waals surface area contributed by atoms with E-state index in [4.69, 9.17) is 20.2 Å². The Morgan fingerprint density at radius 1 is 0.859 bits per heavy atom. The van der Waals surface area contributed by atoms with Crippen molar-refractivity contribution >= 4 is 53.4 Å². The quantitative estimate of drug-likeness (QED) is 0.0261. The predicted octanol–water partition coefficient (Wildman–Crippen LogP) is 5.84. The van der Waals surface area contributed by atoms with E-state index in [1.807, 2.05) is 30.3 Å². The molecule has 7 rings (SSSR count). The summed E-state index contributed by atoms with van der Waals surface area (Å²) in [5.41, 5.74) is 6.94. The maximum atomic E-state index is 16.5. The van der Waals surface area contributed by atoms with Gasteiger partial charge in [0.2, 0.25) is 17.7 Å². The molecule has 85 heavy (non-hydrogen) atoms. The van der Waals surface area contributed by atoms with Crippen LogP contribution in [0.2, 0.25) is 0 Å². The minimum atomic E-state index is -1.62. The van der Waals surface area contributed by atoms with Gasteiger partial charge in [0.15, 0.2) is 0 Å². The lowest BCUT2D eigenvalue weighted by Gasteiger charge is -2.40. The number of nitrogens with zero attached hydrogens (tertiary/aromatic N) is 5. The van der Waals surface area contributed by atoms with E-state index >= 15 is 8.78 Å². The van der Waals surface area contributed by atoms with Crippen molar-refractivity contribution < 1.29 is 66.1 Å². The third kappa shape index (κ3) is 18.3. The van der Waals surface area contributed by atoms with Crippen LogP contribution in [0.25, 0.3) is 11.3 Å². The molecular weight excluding hydrogens is 1110 g/mol. The second-order valence-corrected chi connectivity index (χ2v) is 22.0. The van der Waals surface area contributed by atoms with Gasteiger partial charge >= 0.3 is 18.2 Å². The van der Waals surface area contributed by atoms with Gasteiger partial charge in [-0.2, -0.15) is 0 Å². The van der Waals surface area contributed by atoms with Crippen LogP contribution in [-0.4, -0.2) is 154 Å². The van der Waals surface area contributed by atoms with E-state index in [-0.39, 0.29) is 100 Å². The van der Waals surface area contributed by atoms with Crippen LogP contribution in [0.4, 0.5) is 33.2 Å². The predicted molar refractivity (Wildman–Crippen MR) is 306 cm³/mol. The molecule has 3 aliphatic rings. The van der Waals surface area contributed by atoms with Gasteiger partial charge in [0.1, 0.15) is 42.3 Å². The number of benzene rings is 3. The second-order valence-electron chi connectivity index (χ2n) is 22.0. The molecule has 0 radical (unpaired) electrons. The zero-order valence-electron chi connectivity index (χ0n) is 48.0. The van der Waals surface area contributed by atoms with Crippen LogP contribution in [0.3, 0.4) is 0 Å². The number of aliphatic hydroxyl groups excluding tert-OH is 1. The summed E-state index contributed by atoms with van der Waals surface area (Å²) >= 11 is 0. The van der Waals surface area contributed by atoms with Gasteiger partial charge in [-0.25, -0.2) is 32.5 Å². The Morgan fingerprint density at radius 2 is 1.58 bits per heavy atom. The van der Waals surface area contributed by atoms with Gasteiger partial charge in [-0.15, -0.1) is 0 Å². The van der Waals surface area contributed by atoms with Crippen LogP contribution in [0.1, 0.15) is 95.1 Å². The van der Waals surface area contributed by atoms with Crippen molar-refractivity contribution in [1.29, 1.82) is 0 Å². The number of urea groups is 2. The summed E-state index contributed by atoms with van der Waals surface area (Å²) in [6, 6.07) is 13.6. The number of likely N-dealkylation sites (tertiary alicyclic amines) is 1. The summed E-state index contributed by atoms with van der Waals surface area (Å²) < 4.78 is 59.8. The van der Waals surface area contributed by atoms with E-state index in [0.717, 1.165) is 28.7 Å². The first kappa shape index (κ1) is 64.2. The number of halogens is 3. The number of nitrogens with two attached hydrogens (primary N) is 1. The molecular formula is C60H76F3N11O11. The van der Waals surface area contributed by atoms with E-state index in [2.05, 4.69) is 26.6 Å². The van der Waals surface area contributed by atoms with Crippen molar-refractivity contribution in [3.05, 3.63) is 120 Å². The standard InChI is InChI=1S/C60H76F3N11O11/c1-37(2)53(70-50(76)14-8-5-9-26-73-51(77)21-22-52(73)78)57(80)69-48(13-10-25-65-58(64)81)56(79)67-44-18-15-40(16-19-44)36-85-60(83)72-31-42(47(63)33-72)32-74(59(82)66-38(3)35-75)54(41-23-27-84-28-24-41)55-68-49(45-29-43(61)17-20-46(45)62)34-71(55)30-39-11-6-4-7-12-39/h4,6-7,11-12,15-22,29,34,37-38,41-42,47-48,53-54,75H,5,8-10,13-14,23-28,30-33,35-36H2,1-3H3,(H,66,82)(H,67,79)(H,69,80)(H,70,76)(H3,64,65,81)/t38-,42-,47-,48-,53-,54+/m0/s1. The average molecular weight is 1180 g/mol. The van der Waals surface area contributed by atoms with Gasteiger partial charge in [0.05, 0.1) is 30.9 Å². The number of imide groups is 1. The fourth-order valence-electron chi connectivity index (χ4n) is 10.5. The van der Waals surface area contributed by atoms with Crippen LogP contribution in [0, 0.1) is 29.4 Å². The van der Waals surface area contributed by atoms with Crippen molar-refractivity contribution in [2.75, 3.05) is 57.9 Å². The molecule has 4 aromatic rings. The van der Waals surface area contributed by atoms with Crippen molar-refractivity contribution in [3.8, 4) is 11.3 Å². The molecule has 25 heteroatoms. The van der Waals surface area contributed by atoms with Gasteiger partial charge in [-0.3, -0.25) is 28.9 Å². The number of aliphatic hydroxyl groups is 1. The number of unbranched alkanes of at least 4 members (excludes halogenated alkanes) is 2. The summed E-state index contributed by atoms with van der Waals surface area (Å²) in [6.45, 7) is 5.01. The van der Waals surface area contributed by atoms with E-state index in [0.29, 0.717) is 62.4 Å². The highest BCUT2D eigenvalue weighted by Gasteiger charge is 2.43. The lowest BCUT2D eigenvalue weighted by Crippen LogP contribution is -2.54. The number of ether oxygens (including phenoxy) is 2. The monoisotopic (exact) mass is 1180 g/mol. The highest BCUT2D eigenvalue weighted by Crippen LogP contribution is 2.39. The van der Waals surface area contributed by atoms with Crippen molar-refractivity contribution in [2.24, 2.45) is 23.5 Å². The first-order valence-electron chi connectivity index (χ1n) is 28.7. The zero-order valence-corrected chi connectivity index (χ0v) is 48.0. The highest BCUT2D eigenvalue weighted by molar-refractivity contribution is 6.12. The molecule has 4 heterocycles. The number of amides is 10. The number of primary amides is 1. The van der Waals surface area contributed by atoms with Gasteiger partial charge < -0.3 is 61.3 Å². The lowest BCUT2D eigenvalue weighted by molar-refractivity contribution is -0.137. The number of hydrogen-bond donors (Lipinski definition) is 7. The number of carbonyl (C=O) groups excluding carboxylic acids is 8. The van der Waals surface area contributed by atoms with Gasteiger partial charge in [0, 0.05) is 87.9 Å². The van der Waals surface area contributed by atoms with E-state index in [9.17, 15) is 47.9 Å². The average Bonchev–Trinajstić information content (AvgIpc) is 2.07. The van der Waals surface area contributed by atoms with Gasteiger partial charge in [-0.05, 0) is 98.7 Å². The molecule has 0 unspecified atom stereocenters. The SMILES string of the molecule is CC(C)[C@H](NC(=O)CCCCCN1C(=O)C=CC1=O)C(=O)N[C@@H](CCCNC(N)=O)C(=O)Nc1ccc(COC(=O)N2C[C@@H](CN(C(=O)N[C@@H](C)CO)[C@@H](c3nc(-c4cc(F)ccc4F)cn3Cc3ccccc3)C3CCOCC3)[C@@H](F)C2)cc1. The summed E-state index contributed by atoms with van der Waals surface area (Å²) in [5, 5.41) is 23.6. The molecule has 3 aliphatic heterocycles. The van der Waals surface area contributed by atoms with Crippen LogP contribution in [0.5, 0.6) is 0 Å². The number of nitrogens with one attached hydrogen (secondary N) is 5. The Labute approximate surface area is 491 Å². The van der Waals surface area contributed by atoms with Crippen LogP contribution >= 0.6 is 0 Å². The molecule has 8 N–H and O–H groups in total. The van der Waals surface area contributed by atoms with Crippen molar-refractivity contribution in [3.63, 3.8) is 0 Å². The number of carbonyl (C=O) groups is 8. The molecule has 0 spiro atoms. The van der Waals surface area contributed by atoms with Gasteiger partial charge in [0.25, 0.3) is 11.8 Å². The van der Waals surface area contributed by atoms with Crippen LogP contribution in [-0.2, 0) is 46.6 Å². The lowest BCUT2D eigenvalue weighted by atomic mass is 9.89. The number of alkyl halides is 1. The fraction of sp³-hybridized carbons (Fsp3) is 0.483. The molecule has 10 amide bonds. The van der Waals surface area contributed by atoms with Crippen LogP contribution in [0.15, 0.2) is 91.1 Å². The van der Waals surface area contributed by atoms with Gasteiger partial charge in [-0.1, -0.05) is 62.7 Å². The molecule has 3 aromatic carbocycles. The minimum Gasteiger partial charge on any atom is -0.445 e. The summed E-state index contributed by atoms with van der Waals surface area (Å²) in [7, 11) is 0. The minimum absolute atomic E-state index is 0.0747. The Balaban J connectivity index is 0.991. The van der Waals surface area contributed by atoms with E-state index in [1.54, 1.807) is 55.8 Å².